The van der Waals surface area contributed by atoms with Crippen LogP contribution in [0.1, 0.15) is 5.56 Å². The monoisotopic (exact) mass is 251 g/mol. The van der Waals surface area contributed by atoms with Gasteiger partial charge in [0.15, 0.2) is 11.6 Å². The molecule has 4 heteroatoms. The molecule has 0 aliphatic heterocycles. The summed E-state index contributed by atoms with van der Waals surface area (Å²) in [5.41, 5.74) is 6.47. The van der Waals surface area contributed by atoms with Gasteiger partial charge < -0.3 is 10.5 Å². The molecule has 0 saturated heterocycles. The third-order valence-electron chi connectivity index (χ3n) is 2.28. The van der Waals surface area contributed by atoms with Crippen LogP contribution in [0.3, 0.4) is 0 Å². The molecule has 0 saturated carbocycles. The van der Waals surface area contributed by atoms with Gasteiger partial charge in [-0.1, -0.05) is 23.7 Å². The van der Waals surface area contributed by atoms with Gasteiger partial charge in [0.1, 0.15) is 5.75 Å². The Labute approximate surface area is 104 Å². The minimum absolute atomic E-state index is 0.148. The molecular formula is C13H11ClFNO. The van der Waals surface area contributed by atoms with Crippen molar-refractivity contribution in [3.8, 4) is 11.5 Å². The summed E-state index contributed by atoms with van der Waals surface area (Å²) in [5.74, 6) is 0.221. The highest BCUT2D eigenvalue weighted by molar-refractivity contribution is 6.30. The SMILES string of the molecule is NCc1ccc(Oc2ccc(Cl)cc2F)cc1. The van der Waals surface area contributed by atoms with E-state index in [0.717, 1.165) is 5.56 Å². The van der Waals surface area contributed by atoms with Crippen molar-refractivity contribution in [1.29, 1.82) is 0 Å². The number of benzene rings is 2. The first-order valence-electron chi connectivity index (χ1n) is 5.11. The molecular weight excluding hydrogens is 241 g/mol. The fourth-order valence-electron chi connectivity index (χ4n) is 1.38. The molecule has 0 atom stereocenters. The Morgan fingerprint density at radius 1 is 1.12 bits per heavy atom. The molecule has 0 fully saturated rings. The van der Waals surface area contributed by atoms with E-state index >= 15 is 0 Å². The molecule has 17 heavy (non-hydrogen) atoms. The fraction of sp³-hybridized carbons (Fsp3) is 0.0769. The van der Waals surface area contributed by atoms with Gasteiger partial charge in [-0.15, -0.1) is 0 Å². The molecule has 2 rings (SSSR count). The van der Waals surface area contributed by atoms with Crippen molar-refractivity contribution in [2.24, 2.45) is 5.73 Å². The third-order valence-corrected chi connectivity index (χ3v) is 2.52. The maximum atomic E-state index is 13.5. The van der Waals surface area contributed by atoms with Crippen molar-refractivity contribution >= 4 is 11.6 Å². The van der Waals surface area contributed by atoms with Gasteiger partial charge in [-0.2, -0.15) is 0 Å². The highest BCUT2D eigenvalue weighted by Crippen LogP contribution is 2.26. The van der Waals surface area contributed by atoms with E-state index in [1.165, 1.54) is 12.1 Å². The Kier molecular flexibility index (Phi) is 3.61. The van der Waals surface area contributed by atoms with E-state index < -0.39 is 5.82 Å². The molecule has 2 nitrogen and oxygen atoms in total. The topological polar surface area (TPSA) is 35.2 Å². The van der Waals surface area contributed by atoms with E-state index in [9.17, 15) is 4.39 Å². The second kappa shape index (κ2) is 5.17. The van der Waals surface area contributed by atoms with Gasteiger partial charge in [0, 0.05) is 11.6 Å². The summed E-state index contributed by atoms with van der Waals surface area (Å²) < 4.78 is 18.8. The van der Waals surface area contributed by atoms with Gasteiger partial charge >= 0.3 is 0 Å². The summed E-state index contributed by atoms with van der Waals surface area (Å²) in [7, 11) is 0. The second-order valence-corrected chi connectivity index (χ2v) is 3.96. The largest absolute Gasteiger partial charge is 0.454 e. The molecule has 88 valence electrons. The zero-order chi connectivity index (χ0) is 12.3. The maximum Gasteiger partial charge on any atom is 0.167 e. The standard InChI is InChI=1S/C13H11ClFNO/c14-10-3-6-13(12(15)7-10)17-11-4-1-9(8-16)2-5-11/h1-7H,8,16H2. The molecule has 2 aromatic carbocycles. The minimum atomic E-state index is -0.486. The van der Waals surface area contributed by atoms with Crippen molar-refractivity contribution in [2.75, 3.05) is 0 Å². The van der Waals surface area contributed by atoms with Crippen LogP contribution >= 0.6 is 11.6 Å². The molecule has 2 N–H and O–H groups in total. The van der Waals surface area contributed by atoms with Crippen LogP contribution < -0.4 is 10.5 Å². The van der Waals surface area contributed by atoms with Gasteiger partial charge in [-0.05, 0) is 35.9 Å². The summed E-state index contributed by atoms with van der Waals surface area (Å²) in [4.78, 5) is 0. The molecule has 0 radical (unpaired) electrons. The Hall–Kier alpha value is -1.58. The Morgan fingerprint density at radius 2 is 1.82 bits per heavy atom. The average Bonchev–Trinajstić information content (AvgIpc) is 2.34. The Balaban J connectivity index is 2.19. The first-order chi connectivity index (χ1) is 8.19. The lowest BCUT2D eigenvalue weighted by molar-refractivity contribution is 0.442. The number of hydrogen-bond donors (Lipinski definition) is 1. The van der Waals surface area contributed by atoms with Crippen LogP contribution in [-0.2, 0) is 6.54 Å². The molecule has 0 spiro atoms. The minimum Gasteiger partial charge on any atom is -0.454 e. The summed E-state index contributed by atoms with van der Waals surface area (Å²) in [6, 6.07) is 11.5. The molecule has 0 aliphatic rings. The normalized spacial score (nSPS) is 10.3. The van der Waals surface area contributed by atoms with Crippen molar-refractivity contribution in [1.82, 2.24) is 0 Å². The fourth-order valence-corrected chi connectivity index (χ4v) is 1.54. The summed E-state index contributed by atoms with van der Waals surface area (Å²) >= 11 is 5.65. The van der Waals surface area contributed by atoms with E-state index in [4.69, 9.17) is 22.1 Å². The van der Waals surface area contributed by atoms with Gasteiger partial charge in [0.25, 0.3) is 0 Å². The molecule has 0 aliphatic carbocycles. The van der Waals surface area contributed by atoms with Gasteiger partial charge in [-0.25, -0.2) is 4.39 Å². The van der Waals surface area contributed by atoms with Crippen LogP contribution in [0.25, 0.3) is 0 Å². The number of rotatable bonds is 3. The highest BCUT2D eigenvalue weighted by atomic mass is 35.5. The van der Waals surface area contributed by atoms with E-state index in [2.05, 4.69) is 0 Å². The van der Waals surface area contributed by atoms with E-state index in [0.29, 0.717) is 17.3 Å². The average molecular weight is 252 g/mol. The van der Waals surface area contributed by atoms with Crippen LogP contribution in [0.2, 0.25) is 5.02 Å². The van der Waals surface area contributed by atoms with Crippen molar-refractivity contribution in [3.63, 3.8) is 0 Å². The molecule has 0 heterocycles. The van der Waals surface area contributed by atoms with Crippen LogP contribution in [0, 0.1) is 5.82 Å². The highest BCUT2D eigenvalue weighted by Gasteiger charge is 2.05. The predicted octanol–water partition coefficient (Wildman–Crippen LogP) is 3.73. The Morgan fingerprint density at radius 3 is 2.41 bits per heavy atom. The van der Waals surface area contributed by atoms with E-state index in [1.807, 2.05) is 12.1 Å². The summed E-state index contributed by atoms with van der Waals surface area (Å²) in [5, 5.41) is 0.341. The lowest BCUT2D eigenvalue weighted by Crippen LogP contribution is -1.95. The summed E-state index contributed by atoms with van der Waals surface area (Å²) in [6.07, 6.45) is 0. The number of halogens is 2. The van der Waals surface area contributed by atoms with Crippen LogP contribution in [0.15, 0.2) is 42.5 Å². The maximum absolute atomic E-state index is 13.5. The lowest BCUT2D eigenvalue weighted by Gasteiger charge is -2.07. The zero-order valence-electron chi connectivity index (χ0n) is 8.99. The van der Waals surface area contributed by atoms with Crippen molar-refractivity contribution < 1.29 is 9.13 Å². The van der Waals surface area contributed by atoms with E-state index in [-0.39, 0.29) is 5.75 Å². The van der Waals surface area contributed by atoms with Crippen LogP contribution in [0.5, 0.6) is 11.5 Å². The number of ether oxygens (including phenoxy) is 1. The quantitative estimate of drug-likeness (QED) is 0.902. The van der Waals surface area contributed by atoms with Gasteiger partial charge in [-0.3, -0.25) is 0 Å². The summed E-state index contributed by atoms with van der Waals surface area (Å²) in [6.45, 7) is 0.468. The molecule has 0 bridgehead atoms. The lowest BCUT2D eigenvalue weighted by atomic mass is 10.2. The molecule has 2 aromatic rings. The number of nitrogens with two attached hydrogens (primary N) is 1. The van der Waals surface area contributed by atoms with Crippen LogP contribution in [-0.4, -0.2) is 0 Å². The van der Waals surface area contributed by atoms with Gasteiger partial charge in [0.05, 0.1) is 0 Å². The molecule has 0 unspecified atom stereocenters. The van der Waals surface area contributed by atoms with E-state index in [1.54, 1.807) is 18.2 Å². The number of hydrogen-bond acceptors (Lipinski definition) is 2. The zero-order valence-corrected chi connectivity index (χ0v) is 9.75. The van der Waals surface area contributed by atoms with Gasteiger partial charge in [0.2, 0.25) is 0 Å². The predicted molar refractivity (Wildman–Crippen MR) is 65.8 cm³/mol. The second-order valence-electron chi connectivity index (χ2n) is 3.52. The third kappa shape index (κ3) is 2.96. The Bertz CT molecular complexity index is 513. The van der Waals surface area contributed by atoms with Crippen molar-refractivity contribution in [3.05, 3.63) is 58.9 Å². The smallest absolute Gasteiger partial charge is 0.167 e. The first-order valence-corrected chi connectivity index (χ1v) is 5.49. The van der Waals surface area contributed by atoms with Crippen molar-refractivity contribution in [2.45, 2.75) is 6.54 Å². The first kappa shape index (κ1) is 11.9. The van der Waals surface area contributed by atoms with Crippen LogP contribution in [0.4, 0.5) is 4.39 Å². The molecule has 0 amide bonds. The molecule has 0 aromatic heterocycles.